The highest BCUT2D eigenvalue weighted by molar-refractivity contribution is 5.98. The Morgan fingerprint density at radius 2 is 1.51 bits per heavy atom. The van der Waals surface area contributed by atoms with E-state index in [-0.39, 0.29) is 36.4 Å². The van der Waals surface area contributed by atoms with E-state index >= 15 is 0 Å². The Bertz CT molecular complexity index is 763. The normalized spacial score (nSPS) is 19.5. The Morgan fingerprint density at radius 1 is 0.914 bits per heavy atom. The third kappa shape index (κ3) is 10.8. The standard InChI is InChI=1S/C25H44N4O6/c1-7-8-9-10-20(31)29-21(16(4)5)24(34)27-17(11-12-19(26)30)23(33)28-18(13-15(2)3)22(32)25(6)14-35-25/h15-18,21H,7-14H2,1-6H3,(H2,26,30)(H,27,34)(H,28,33)(H,29,31)/t17-,18-,21-,25-/m0/s1. The third-order valence-electron chi connectivity index (χ3n) is 6.02. The number of amides is 4. The number of primary amides is 1. The number of hydrogen-bond acceptors (Lipinski definition) is 6. The number of carbonyl (C=O) groups is 5. The van der Waals surface area contributed by atoms with E-state index in [0.717, 1.165) is 19.3 Å². The van der Waals surface area contributed by atoms with Crippen molar-refractivity contribution < 1.29 is 28.7 Å². The Balaban J connectivity index is 2.95. The first-order chi connectivity index (χ1) is 16.3. The Morgan fingerprint density at radius 3 is 2.00 bits per heavy atom. The van der Waals surface area contributed by atoms with Gasteiger partial charge in [-0.2, -0.15) is 0 Å². The van der Waals surface area contributed by atoms with Crippen LogP contribution in [-0.4, -0.2) is 59.7 Å². The van der Waals surface area contributed by atoms with Crippen LogP contribution < -0.4 is 21.7 Å². The minimum atomic E-state index is -1.09. The van der Waals surface area contributed by atoms with Crippen molar-refractivity contribution in [3.63, 3.8) is 0 Å². The van der Waals surface area contributed by atoms with Crippen LogP contribution in [0.3, 0.4) is 0 Å². The fourth-order valence-corrected chi connectivity index (χ4v) is 3.73. The first-order valence-corrected chi connectivity index (χ1v) is 12.7. The predicted molar refractivity (Wildman–Crippen MR) is 132 cm³/mol. The van der Waals surface area contributed by atoms with Gasteiger partial charge < -0.3 is 26.4 Å². The highest BCUT2D eigenvalue weighted by Crippen LogP contribution is 2.29. The van der Waals surface area contributed by atoms with Crippen LogP contribution >= 0.6 is 0 Å². The first-order valence-electron chi connectivity index (χ1n) is 12.7. The minimum absolute atomic E-state index is 0.0292. The highest BCUT2D eigenvalue weighted by atomic mass is 16.6. The summed E-state index contributed by atoms with van der Waals surface area (Å²) in [5.74, 6) is -2.29. The molecule has 10 nitrogen and oxygen atoms in total. The van der Waals surface area contributed by atoms with Gasteiger partial charge in [0.1, 0.15) is 17.7 Å². The number of unbranched alkanes of at least 4 members (excludes halogenated alkanes) is 2. The van der Waals surface area contributed by atoms with Gasteiger partial charge in [0, 0.05) is 12.8 Å². The zero-order valence-corrected chi connectivity index (χ0v) is 22.1. The lowest BCUT2D eigenvalue weighted by atomic mass is 9.93. The summed E-state index contributed by atoms with van der Waals surface area (Å²) in [4.78, 5) is 62.8. The molecule has 200 valence electrons. The summed E-state index contributed by atoms with van der Waals surface area (Å²) in [6.07, 6.45) is 3.19. The molecule has 0 aromatic rings. The molecule has 4 atom stereocenters. The topological polar surface area (TPSA) is 160 Å². The maximum Gasteiger partial charge on any atom is 0.243 e. The highest BCUT2D eigenvalue weighted by Gasteiger charge is 2.50. The molecule has 1 aliphatic heterocycles. The van der Waals surface area contributed by atoms with Gasteiger partial charge in [-0.25, -0.2) is 0 Å². The van der Waals surface area contributed by atoms with Crippen molar-refractivity contribution >= 4 is 29.4 Å². The zero-order chi connectivity index (χ0) is 26.8. The van der Waals surface area contributed by atoms with Crippen molar-refractivity contribution in [2.45, 2.75) is 110 Å². The Labute approximate surface area is 208 Å². The summed E-state index contributed by atoms with van der Waals surface area (Å²) >= 11 is 0. The van der Waals surface area contributed by atoms with Crippen LogP contribution in [0.15, 0.2) is 0 Å². The van der Waals surface area contributed by atoms with Crippen molar-refractivity contribution in [3.8, 4) is 0 Å². The lowest BCUT2D eigenvalue weighted by molar-refractivity contribution is -0.135. The Hall–Kier alpha value is -2.49. The smallest absolute Gasteiger partial charge is 0.243 e. The molecule has 0 aromatic carbocycles. The molecule has 0 aliphatic carbocycles. The fraction of sp³-hybridized carbons (Fsp3) is 0.800. The number of ether oxygens (including phenoxy) is 1. The largest absolute Gasteiger partial charge is 0.370 e. The molecule has 1 heterocycles. The number of epoxide rings is 1. The van der Waals surface area contributed by atoms with Crippen LogP contribution in [0.4, 0.5) is 0 Å². The molecule has 10 heteroatoms. The van der Waals surface area contributed by atoms with Crippen LogP contribution in [0.2, 0.25) is 0 Å². The van der Waals surface area contributed by atoms with Crippen molar-refractivity contribution in [2.75, 3.05) is 6.61 Å². The van der Waals surface area contributed by atoms with Gasteiger partial charge in [0.2, 0.25) is 23.6 Å². The quantitative estimate of drug-likeness (QED) is 0.176. The van der Waals surface area contributed by atoms with Gasteiger partial charge in [-0.15, -0.1) is 0 Å². The maximum atomic E-state index is 13.2. The molecule has 1 aliphatic rings. The molecule has 4 amide bonds. The molecule has 0 aromatic heterocycles. The van der Waals surface area contributed by atoms with E-state index in [1.165, 1.54) is 0 Å². The van der Waals surface area contributed by atoms with Crippen LogP contribution in [-0.2, 0) is 28.7 Å². The number of hydrogen-bond donors (Lipinski definition) is 4. The van der Waals surface area contributed by atoms with Gasteiger partial charge in [0.05, 0.1) is 12.6 Å². The predicted octanol–water partition coefficient (Wildman–Crippen LogP) is 1.35. The maximum absolute atomic E-state index is 13.2. The van der Waals surface area contributed by atoms with E-state index in [9.17, 15) is 24.0 Å². The molecule has 0 unspecified atom stereocenters. The number of ketones is 1. The molecule has 1 fully saturated rings. The van der Waals surface area contributed by atoms with Gasteiger partial charge >= 0.3 is 0 Å². The first kappa shape index (κ1) is 30.5. The number of nitrogens with one attached hydrogen (secondary N) is 3. The van der Waals surface area contributed by atoms with Crippen LogP contribution in [0, 0.1) is 11.8 Å². The number of carbonyl (C=O) groups excluding carboxylic acids is 5. The van der Waals surface area contributed by atoms with Crippen LogP contribution in [0.25, 0.3) is 0 Å². The fourth-order valence-electron chi connectivity index (χ4n) is 3.73. The SMILES string of the molecule is CCCCCC(=O)N[C@H](C(=O)N[C@@H](CCC(N)=O)C(=O)N[C@@H](CC(C)C)C(=O)[C@]1(C)CO1)C(C)C. The van der Waals surface area contributed by atoms with E-state index in [4.69, 9.17) is 10.5 Å². The summed E-state index contributed by atoms with van der Waals surface area (Å²) in [6.45, 7) is 11.5. The lowest BCUT2D eigenvalue weighted by Gasteiger charge is -2.27. The molecule has 1 saturated heterocycles. The molecule has 5 N–H and O–H groups in total. The number of rotatable bonds is 17. The van der Waals surface area contributed by atoms with Crippen LogP contribution in [0.1, 0.15) is 86.5 Å². The zero-order valence-electron chi connectivity index (χ0n) is 22.1. The van der Waals surface area contributed by atoms with Crippen molar-refractivity contribution in [2.24, 2.45) is 17.6 Å². The van der Waals surface area contributed by atoms with E-state index in [1.54, 1.807) is 20.8 Å². The van der Waals surface area contributed by atoms with Crippen molar-refractivity contribution in [1.82, 2.24) is 16.0 Å². The van der Waals surface area contributed by atoms with Crippen molar-refractivity contribution in [1.29, 1.82) is 0 Å². The van der Waals surface area contributed by atoms with Gasteiger partial charge in [0.15, 0.2) is 5.78 Å². The minimum Gasteiger partial charge on any atom is -0.370 e. The summed E-state index contributed by atoms with van der Waals surface area (Å²) in [7, 11) is 0. The second kappa shape index (κ2) is 14.2. The van der Waals surface area contributed by atoms with Gasteiger partial charge in [-0.1, -0.05) is 47.5 Å². The lowest BCUT2D eigenvalue weighted by Crippen LogP contribution is -2.57. The summed E-state index contributed by atoms with van der Waals surface area (Å²) < 4.78 is 5.26. The van der Waals surface area contributed by atoms with Gasteiger partial charge in [0.25, 0.3) is 0 Å². The van der Waals surface area contributed by atoms with Crippen molar-refractivity contribution in [3.05, 3.63) is 0 Å². The average molecular weight is 497 g/mol. The van der Waals surface area contributed by atoms with E-state index < -0.39 is 41.4 Å². The molecule has 0 spiro atoms. The molecule has 0 radical (unpaired) electrons. The van der Waals surface area contributed by atoms with E-state index in [2.05, 4.69) is 16.0 Å². The summed E-state index contributed by atoms with van der Waals surface area (Å²) in [6, 6.07) is -2.73. The second-order valence-corrected chi connectivity index (χ2v) is 10.4. The molecule has 0 saturated carbocycles. The molecular weight excluding hydrogens is 452 g/mol. The molecule has 1 rings (SSSR count). The van der Waals surface area contributed by atoms with Gasteiger partial charge in [-0.05, 0) is 38.0 Å². The number of Topliss-reactive ketones (excluding diaryl/α,β-unsaturated/α-hetero) is 1. The van der Waals surface area contributed by atoms with Crippen LogP contribution in [0.5, 0.6) is 0 Å². The molecule has 0 bridgehead atoms. The molecule has 35 heavy (non-hydrogen) atoms. The summed E-state index contributed by atoms with van der Waals surface area (Å²) in [5, 5.41) is 8.16. The third-order valence-corrected chi connectivity index (χ3v) is 6.02. The van der Waals surface area contributed by atoms with E-state index in [0.29, 0.717) is 19.4 Å². The number of nitrogens with two attached hydrogens (primary N) is 1. The molecular formula is C25H44N4O6. The monoisotopic (exact) mass is 496 g/mol. The summed E-state index contributed by atoms with van der Waals surface area (Å²) in [5.41, 5.74) is 4.36. The Kier molecular flexibility index (Phi) is 12.4. The van der Waals surface area contributed by atoms with E-state index in [1.807, 2.05) is 20.8 Å². The average Bonchev–Trinajstić information content (AvgIpc) is 3.51. The van der Waals surface area contributed by atoms with Gasteiger partial charge in [-0.3, -0.25) is 24.0 Å². The second-order valence-electron chi connectivity index (χ2n) is 10.4.